The minimum absolute atomic E-state index is 0.0758. The lowest BCUT2D eigenvalue weighted by molar-refractivity contribution is -0.173. The predicted molar refractivity (Wildman–Crippen MR) is 114 cm³/mol. The molecule has 0 bridgehead atoms. The molecule has 1 fully saturated rings. The zero-order valence-electron chi connectivity index (χ0n) is 19.1. The molecule has 7 heteroatoms. The van der Waals surface area contributed by atoms with Gasteiger partial charge in [0.15, 0.2) is 0 Å². The van der Waals surface area contributed by atoms with Gasteiger partial charge in [-0.25, -0.2) is 0 Å². The molecule has 1 aliphatic heterocycles. The van der Waals surface area contributed by atoms with Crippen LogP contribution >= 0.6 is 0 Å². The summed E-state index contributed by atoms with van der Waals surface area (Å²) in [5, 5.41) is 0. The first-order valence-electron chi connectivity index (χ1n) is 10.4. The lowest BCUT2D eigenvalue weighted by atomic mass is 9.89. The average Bonchev–Trinajstić information content (AvgIpc) is 2.65. The second-order valence-electron chi connectivity index (χ2n) is 8.91. The zero-order valence-corrected chi connectivity index (χ0v) is 19.1. The molecule has 2 rings (SSSR count). The molecule has 0 spiro atoms. The van der Waals surface area contributed by atoms with Crippen molar-refractivity contribution < 1.29 is 23.9 Å². The van der Waals surface area contributed by atoms with Gasteiger partial charge in [0, 0.05) is 12.1 Å². The number of esters is 1. The number of amides is 2. The van der Waals surface area contributed by atoms with Crippen LogP contribution in [0.4, 0.5) is 0 Å². The van der Waals surface area contributed by atoms with Crippen LogP contribution in [0.3, 0.4) is 0 Å². The molecule has 1 aliphatic rings. The van der Waals surface area contributed by atoms with E-state index >= 15 is 0 Å². The number of benzene rings is 1. The van der Waals surface area contributed by atoms with Gasteiger partial charge in [0.25, 0.3) is 0 Å². The fourth-order valence-corrected chi connectivity index (χ4v) is 3.97. The zero-order chi connectivity index (χ0) is 22.6. The monoisotopic (exact) mass is 418 g/mol. The van der Waals surface area contributed by atoms with Crippen molar-refractivity contribution in [3.8, 4) is 5.75 Å². The molecule has 1 saturated heterocycles. The highest BCUT2D eigenvalue weighted by atomic mass is 16.5. The Bertz CT molecular complexity index is 767. The third-order valence-corrected chi connectivity index (χ3v) is 5.24. The van der Waals surface area contributed by atoms with Crippen LogP contribution in [-0.4, -0.2) is 58.9 Å². The van der Waals surface area contributed by atoms with Gasteiger partial charge in [0.05, 0.1) is 20.1 Å². The Labute approximate surface area is 179 Å². The van der Waals surface area contributed by atoms with Crippen LogP contribution in [-0.2, 0) is 25.7 Å². The van der Waals surface area contributed by atoms with Crippen molar-refractivity contribution in [3.05, 3.63) is 29.8 Å². The minimum atomic E-state index is -0.884. The molecule has 1 aromatic carbocycles. The number of nitrogens with zero attached hydrogens (tertiary/aromatic N) is 2. The molecule has 166 valence electrons. The second kappa shape index (κ2) is 9.49. The Hall–Kier alpha value is -2.57. The van der Waals surface area contributed by atoms with E-state index in [0.29, 0.717) is 0 Å². The summed E-state index contributed by atoms with van der Waals surface area (Å²) in [5.74, 6) is -0.204. The highest BCUT2D eigenvalue weighted by Gasteiger charge is 2.51. The molecule has 1 aromatic rings. The Morgan fingerprint density at radius 1 is 1.10 bits per heavy atom. The van der Waals surface area contributed by atoms with Crippen molar-refractivity contribution in [2.45, 2.75) is 72.1 Å². The average molecular weight is 419 g/mol. The maximum atomic E-state index is 13.6. The summed E-state index contributed by atoms with van der Waals surface area (Å²) < 4.78 is 10.3. The van der Waals surface area contributed by atoms with Gasteiger partial charge in [0.2, 0.25) is 11.8 Å². The highest BCUT2D eigenvalue weighted by molar-refractivity contribution is 5.99. The van der Waals surface area contributed by atoms with Gasteiger partial charge in [-0.1, -0.05) is 26.0 Å². The van der Waals surface area contributed by atoms with Gasteiger partial charge >= 0.3 is 5.97 Å². The standard InChI is InChI=1S/C23H34N2O5/c1-8-30-19(26)13-18-21(27)24(14-16-9-11-17(29-7)12-10-16)20(15(2)3)22(28)25(18)23(4,5)6/h9-12,15,18,20H,8,13-14H2,1-7H3/t18-,20+/m0/s1. The van der Waals surface area contributed by atoms with Crippen molar-refractivity contribution in [1.82, 2.24) is 9.80 Å². The van der Waals surface area contributed by atoms with Crippen molar-refractivity contribution in [1.29, 1.82) is 0 Å². The maximum absolute atomic E-state index is 13.6. The quantitative estimate of drug-likeness (QED) is 0.636. The van der Waals surface area contributed by atoms with E-state index in [9.17, 15) is 14.4 Å². The van der Waals surface area contributed by atoms with Crippen molar-refractivity contribution in [2.24, 2.45) is 5.92 Å². The normalized spacial score (nSPS) is 20.0. The van der Waals surface area contributed by atoms with Crippen LogP contribution in [0.1, 0.15) is 53.5 Å². The lowest BCUT2D eigenvalue weighted by Crippen LogP contribution is -2.69. The Balaban J connectivity index is 2.44. The molecule has 0 unspecified atom stereocenters. The fraction of sp³-hybridized carbons (Fsp3) is 0.609. The smallest absolute Gasteiger partial charge is 0.308 e. The molecule has 30 heavy (non-hydrogen) atoms. The van der Waals surface area contributed by atoms with Crippen molar-refractivity contribution in [2.75, 3.05) is 13.7 Å². The summed E-state index contributed by atoms with van der Waals surface area (Å²) in [4.78, 5) is 42.6. The van der Waals surface area contributed by atoms with E-state index in [1.165, 1.54) is 0 Å². The summed E-state index contributed by atoms with van der Waals surface area (Å²) >= 11 is 0. The summed E-state index contributed by atoms with van der Waals surface area (Å²) in [6.07, 6.45) is -0.153. The molecule has 0 radical (unpaired) electrons. The van der Waals surface area contributed by atoms with E-state index in [4.69, 9.17) is 9.47 Å². The van der Waals surface area contributed by atoms with Crippen LogP contribution < -0.4 is 4.74 Å². The molecular weight excluding hydrogens is 384 g/mol. The number of carbonyl (C=O) groups excluding carboxylic acids is 3. The van der Waals surface area contributed by atoms with Crippen LogP contribution in [0.2, 0.25) is 0 Å². The second-order valence-corrected chi connectivity index (χ2v) is 8.91. The largest absolute Gasteiger partial charge is 0.497 e. The number of carbonyl (C=O) groups is 3. The Morgan fingerprint density at radius 2 is 1.70 bits per heavy atom. The molecule has 1 heterocycles. The molecule has 0 saturated carbocycles. The molecule has 7 nitrogen and oxygen atoms in total. The van der Waals surface area contributed by atoms with Gasteiger partial charge < -0.3 is 19.3 Å². The van der Waals surface area contributed by atoms with Crippen LogP contribution in [0.15, 0.2) is 24.3 Å². The summed E-state index contributed by atoms with van der Waals surface area (Å²) in [6.45, 7) is 11.7. The van der Waals surface area contributed by atoms with E-state index in [-0.39, 0.29) is 37.3 Å². The van der Waals surface area contributed by atoms with Crippen LogP contribution in [0.25, 0.3) is 0 Å². The third-order valence-electron chi connectivity index (χ3n) is 5.24. The predicted octanol–water partition coefficient (Wildman–Crippen LogP) is 3.01. The van der Waals surface area contributed by atoms with E-state index in [1.54, 1.807) is 23.8 Å². The molecule has 0 aromatic heterocycles. The van der Waals surface area contributed by atoms with E-state index in [1.807, 2.05) is 58.9 Å². The summed E-state index contributed by atoms with van der Waals surface area (Å²) in [7, 11) is 1.59. The molecular formula is C23H34N2O5. The van der Waals surface area contributed by atoms with E-state index in [0.717, 1.165) is 11.3 Å². The molecule has 0 N–H and O–H groups in total. The lowest BCUT2D eigenvalue weighted by Gasteiger charge is -2.51. The van der Waals surface area contributed by atoms with Gasteiger partial charge in [-0.3, -0.25) is 14.4 Å². The number of ether oxygens (including phenoxy) is 2. The maximum Gasteiger partial charge on any atom is 0.308 e. The van der Waals surface area contributed by atoms with Crippen LogP contribution in [0.5, 0.6) is 5.75 Å². The Kier molecular flexibility index (Phi) is 7.50. The first-order chi connectivity index (χ1) is 14.0. The van der Waals surface area contributed by atoms with Crippen molar-refractivity contribution in [3.63, 3.8) is 0 Å². The van der Waals surface area contributed by atoms with E-state index in [2.05, 4.69) is 0 Å². The molecule has 2 amide bonds. The number of hydrogen-bond acceptors (Lipinski definition) is 5. The van der Waals surface area contributed by atoms with Gasteiger partial charge in [-0.05, 0) is 51.3 Å². The summed E-state index contributed by atoms with van der Waals surface area (Å²) in [5.41, 5.74) is 0.283. The number of rotatable bonds is 7. The first kappa shape index (κ1) is 23.7. The summed E-state index contributed by atoms with van der Waals surface area (Å²) in [6, 6.07) is 5.93. The van der Waals surface area contributed by atoms with Gasteiger partial charge in [-0.2, -0.15) is 0 Å². The molecule has 0 aliphatic carbocycles. The van der Waals surface area contributed by atoms with Gasteiger partial charge in [-0.15, -0.1) is 0 Å². The number of piperazine rings is 1. The third kappa shape index (κ3) is 5.12. The SMILES string of the molecule is CCOC(=O)C[C@H]1C(=O)N(Cc2ccc(OC)cc2)[C@H](C(C)C)C(=O)N1C(C)(C)C. The number of methoxy groups -OCH3 is 1. The Morgan fingerprint density at radius 3 is 2.17 bits per heavy atom. The van der Waals surface area contributed by atoms with E-state index < -0.39 is 23.6 Å². The molecule has 2 atom stereocenters. The van der Waals surface area contributed by atoms with Gasteiger partial charge in [0.1, 0.15) is 17.8 Å². The topological polar surface area (TPSA) is 76.1 Å². The van der Waals surface area contributed by atoms with Crippen molar-refractivity contribution >= 4 is 17.8 Å². The minimum Gasteiger partial charge on any atom is -0.497 e. The fourth-order valence-electron chi connectivity index (χ4n) is 3.97. The first-order valence-corrected chi connectivity index (χ1v) is 10.4. The van der Waals surface area contributed by atoms with Crippen LogP contribution in [0, 0.1) is 5.92 Å². The number of hydrogen-bond donors (Lipinski definition) is 0. The highest BCUT2D eigenvalue weighted by Crippen LogP contribution is 2.32.